The van der Waals surface area contributed by atoms with Gasteiger partial charge in [-0.05, 0) is 42.8 Å². The minimum absolute atomic E-state index is 0.273. The number of hydrogen-bond acceptors (Lipinski definition) is 3. The Morgan fingerprint density at radius 2 is 1.87 bits per heavy atom. The summed E-state index contributed by atoms with van der Waals surface area (Å²) < 4.78 is 12.6. The number of nitrogens with two attached hydrogens (primary N) is 1. The molecule has 0 aliphatic rings. The molecule has 0 fully saturated rings. The largest absolute Gasteiger partial charge is 0.325 e. The minimum Gasteiger partial charge on any atom is -0.325 e. The fourth-order valence-electron chi connectivity index (χ4n) is 1.84. The molecule has 0 aliphatic heterocycles. The Hall–Kier alpha value is -1.40. The maximum Gasteiger partial charge on any atom is 0.241 e. The van der Waals surface area contributed by atoms with Gasteiger partial charge in [0.2, 0.25) is 5.91 Å². The van der Waals surface area contributed by atoms with E-state index in [1.807, 2.05) is 6.92 Å². The number of anilines is 1. The van der Waals surface area contributed by atoms with Crippen LogP contribution < -0.4 is 11.1 Å². The van der Waals surface area contributed by atoms with Crippen LogP contribution in [0.15, 0.2) is 52.3 Å². The minimum atomic E-state index is -1.43. The molecular formula is C16H16Cl2N2O2S. The van der Waals surface area contributed by atoms with Gasteiger partial charge >= 0.3 is 0 Å². The Balaban J connectivity index is 2.23. The lowest BCUT2D eigenvalue weighted by Gasteiger charge is -2.11. The number of benzene rings is 2. The third-order valence-corrected chi connectivity index (χ3v) is 5.30. The van der Waals surface area contributed by atoms with Crippen molar-refractivity contribution < 1.29 is 9.00 Å². The van der Waals surface area contributed by atoms with Crippen LogP contribution in [0.1, 0.15) is 13.3 Å². The molecule has 0 saturated heterocycles. The fraction of sp³-hybridized carbons (Fsp3) is 0.188. The van der Waals surface area contributed by atoms with Gasteiger partial charge in [-0.3, -0.25) is 4.79 Å². The van der Waals surface area contributed by atoms with Crippen LogP contribution >= 0.6 is 23.2 Å². The van der Waals surface area contributed by atoms with Gasteiger partial charge in [-0.1, -0.05) is 36.2 Å². The fourth-order valence-corrected chi connectivity index (χ4v) is 3.33. The number of nitrogens with one attached hydrogen (secondary N) is 1. The van der Waals surface area contributed by atoms with Crippen molar-refractivity contribution in [3.8, 4) is 0 Å². The summed E-state index contributed by atoms with van der Waals surface area (Å²) in [5, 5.41) is 3.46. The number of halogens is 2. The topological polar surface area (TPSA) is 72.2 Å². The third kappa shape index (κ3) is 4.54. The van der Waals surface area contributed by atoms with E-state index in [0.29, 0.717) is 31.9 Å². The van der Waals surface area contributed by atoms with Crippen LogP contribution in [0.25, 0.3) is 0 Å². The van der Waals surface area contributed by atoms with E-state index in [9.17, 15) is 9.00 Å². The van der Waals surface area contributed by atoms with E-state index in [1.54, 1.807) is 42.5 Å². The molecule has 2 atom stereocenters. The Labute approximate surface area is 147 Å². The molecule has 0 spiro atoms. The van der Waals surface area contributed by atoms with Gasteiger partial charge in [-0.2, -0.15) is 0 Å². The van der Waals surface area contributed by atoms with Crippen molar-refractivity contribution >= 4 is 45.6 Å². The second-order valence-corrected chi connectivity index (χ2v) is 7.17. The highest BCUT2D eigenvalue weighted by atomic mass is 35.5. The average molecular weight is 371 g/mol. The Morgan fingerprint density at radius 1 is 1.17 bits per heavy atom. The normalized spacial score (nSPS) is 13.4. The van der Waals surface area contributed by atoms with Crippen LogP contribution in [0.2, 0.25) is 10.0 Å². The Bertz CT molecular complexity index is 753. The zero-order valence-electron chi connectivity index (χ0n) is 12.4. The maximum absolute atomic E-state index is 12.6. The molecule has 0 saturated carbocycles. The molecule has 23 heavy (non-hydrogen) atoms. The highest BCUT2D eigenvalue weighted by molar-refractivity contribution is 7.85. The summed E-state index contributed by atoms with van der Waals surface area (Å²) in [6, 6.07) is 11.1. The van der Waals surface area contributed by atoms with Gasteiger partial charge in [0.1, 0.15) is 0 Å². The Morgan fingerprint density at radius 3 is 2.52 bits per heavy atom. The van der Waals surface area contributed by atoms with Gasteiger partial charge in [-0.15, -0.1) is 0 Å². The van der Waals surface area contributed by atoms with Gasteiger partial charge in [-0.25, -0.2) is 4.21 Å². The molecule has 2 aromatic carbocycles. The van der Waals surface area contributed by atoms with Crippen LogP contribution in [0, 0.1) is 0 Å². The molecule has 122 valence electrons. The van der Waals surface area contributed by atoms with Crippen molar-refractivity contribution in [2.24, 2.45) is 5.73 Å². The molecule has 2 aromatic rings. The van der Waals surface area contributed by atoms with E-state index in [4.69, 9.17) is 28.9 Å². The van der Waals surface area contributed by atoms with Gasteiger partial charge < -0.3 is 11.1 Å². The number of hydrogen-bond donors (Lipinski definition) is 2. The van der Waals surface area contributed by atoms with Crippen LogP contribution in [0.4, 0.5) is 5.69 Å². The lowest BCUT2D eigenvalue weighted by Crippen LogP contribution is -2.34. The maximum atomic E-state index is 12.6. The van der Waals surface area contributed by atoms with Crippen molar-refractivity contribution in [3.63, 3.8) is 0 Å². The first-order valence-corrected chi connectivity index (χ1v) is 8.86. The summed E-state index contributed by atoms with van der Waals surface area (Å²) in [6.45, 7) is 1.83. The summed E-state index contributed by atoms with van der Waals surface area (Å²) in [7, 11) is -1.43. The predicted molar refractivity (Wildman–Crippen MR) is 94.5 cm³/mol. The van der Waals surface area contributed by atoms with Crippen LogP contribution in [-0.4, -0.2) is 16.2 Å². The molecular weight excluding hydrogens is 355 g/mol. The second kappa shape index (κ2) is 7.93. The quantitative estimate of drug-likeness (QED) is 0.839. The monoisotopic (exact) mass is 370 g/mol. The van der Waals surface area contributed by atoms with E-state index < -0.39 is 16.8 Å². The number of amides is 1. The predicted octanol–water partition coefficient (Wildman–Crippen LogP) is 3.84. The molecule has 1 amide bonds. The standard InChI is InChI=1S/C16H16Cl2N2O2S/c1-2-15(19)16(21)20-10-4-3-5-11(8-10)23(22)12-6-7-13(17)14(18)9-12/h3-9,15H,2,19H2,1H3,(H,20,21). The first-order chi connectivity index (χ1) is 10.9. The first-order valence-electron chi connectivity index (χ1n) is 6.95. The number of carbonyl (C=O) groups excluding carboxylic acids is 1. The van der Waals surface area contributed by atoms with Gasteiger partial charge in [0.05, 0.1) is 26.9 Å². The molecule has 3 N–H and O–H groups in total. The second-order valence-electron chi connectivity index (χ2n) is 4.88. The van der Waals surface area contributed by atoms with Crippen molar-refractivity contribution in [1.29, 1.82) is 0 Å². The molecule has 4 nitrogen and oxygen atoms in total. The van der Waals surface area contributed by atoms with Gasteiger partial charge in [0, 0.05) is 15.5 Å². The molecule has 0 heterocycles. The summed E-state index contributed by atoms with van der Waals surface area (Å²) in [5.41, 5.74) is 6.23. The average Bonchev–Trinajstić information content (AvgIpc) is 2.56. The lowest BCUT2D eigenvalue weighted by molar-refractivity contribution is -0.117. The van der Waals surface area contributed by atoms with Crippen molar-refractivity contribution in [1.82, 2.24) is 0 Å². The molecule has 0 bridgehead atoms. The van der Waals surface area contributed by atoms with E-state index in [2.05, 4.69) is 5.32 Å². The molecule has 7 heteroatoms. The van der Waals surface area contributed by atoms with Crippen molar-refractivity contribution in [2.75, 3.05) is 5.32 Å². The zero-order valence-corrected chi connectivity index (χ0v) is 14.7. The molecule has 2 unspecified atom stereocenters. The van der Waals surface area contributed by atoms with Crippen molar-refractivity contribution in [3.05, 3.63) is 52.5 Å². The molecule has 0 radical (unpaired) electrons. The number of rotatable bonds is 5. The molecule has 0 aliphatic carbocycles. The van der Waals surface area contributed by atoms with Gasteiger partial charge in [0.25, 0.3) is 0 Å². The third-order valence-electron chi connectivity index (χ3n) is 3.20. The zero-order chi connectivity index (χ0) is 17.0. The summed E-state index contributed by atoms with van der Waals surface area (Å²) >= 11 is 11.8. The molecule has 0 aromatic heterocycles. The van der Waals surface area contributed by atoms with Crippen LogP contribution in [0.3, 0.4) is 0 Å². The summed E-state index contributed by atoms with van der Waals surface area (Å²) in [4.78, 5) is 12.9. The van der Waals surface area contributed by atoms with Crippen LogP contribution in [-0.2, 0) is 15.6 Å². The summed E-state index contributed by atoms with van der Waals surface area (Å²) in [5.74, 6) is -0.273. The SMILES string of the molecule is CCC(N)C(=O)Nc1cccc(S(=O)c2ccc(Cl)c(Cl)c2)c1. The van der Waals surface area contributed by atoms with E-state index in [0.717, 1.165) is 0 Å². The van der Waals surface area contributed by atoms with E-state index in [-0.39, 0.29) is 5.91 Å². The summed E-state index contributed by atoms with van der Waals surface area (Å²) in [6.07, 6.45) is 0.542. The first kappa shape index (κ1) is 17.9. The van der Waals surface area contributed by atoms with E-state index >= 15 is 0 Å². The van der Waals surface area contributed by atoms with E-state index in [1.165, 1.54) is 0 Å². The highest BCUT2D eigenvalue weighted by Crippen LogP contribution is 2.27. The van der Waals surface area contributed by atoms with Crippen molar-refractivity contribution in [2.45, 2.75) is 29.2 Å². The lowest BCUT2D eigenvalue weighted by atomic mass is 10.2. The number of carbonyl (C=O) groups is 1. The van der Waals surface area contributed by atoms with Gasteiger partial charge in [0.15, 0.2) is 0 Å². The van der Waals surface area contributed by atoms with Crippen LogP contribution in [0.5, 0.6) is 0 Å². The smallest absolute Gasteiger partial charge is 0.241 e. The molecule has 2 rings (SSSR count). The Kier molecular flexibility index (Phi) is 6.18. The highest BCUT2D eigenvalue weighted by Gasteiger charge is 2.13.